The van der Waals surface area contributed by atoms with Crippen molar-refractivity contribution in [3.05, 3.63) is 42.0 Å². The highest BCUT2D eigenvalue weighted by Crippen LogP contribution is 2.37. The Morgan fingerprint density at radius 3 is 2.68 bits per heavy atom. The molecule has 1 N–H and O–H groups in total. The molecular weight excluding hydrogens is 486 g/mol. The molecule has 0 radical (unpaired) electrons. The van der Waals surface area contributed by atoms with Crippen molar-refractivity contribution in [2.45, 2.75) is 64.1 Å². The van der Waals surface area contributed by atoms with Crippen LogP contribution in [0.1, 0.15) is 56.8 Å². The monoisotopic (exact) mass is 519 g/mol. The number of aromatic nitrogens is 4. The molecule has 11 heteroatoms. The predicted octanol–water partition coefficient (Wildman–Crippen LogP) is 3.21. The number of benzene rings is 1. The van der Waals surface area contributed by atoms with Gasteiger partial charge < -0.3 is 29.1 Å². The molecule has 3 aliphatic heterocycles. The van der Waals surface area contributed by atoms with Crippen LogP contribution in [0.5, 0.6) is 5.88 Å². The van der Waals surface area contributed by atoms with Gasteiger partial charge in [0, 0.05) is 62.4 Å². The van der Waals surface area contributed by atoms with E-state index in [1.807, 2.05) is 32.0 Å². The summed E-state index contributed by atoms with van der Waals surface area (Å²) in [6, 6.07) is 8.52. The molecule has 6 rings (SSSR count). The molecule has 2 aromatic heterocycles. The quantitative estimate of drug-likeness (QED) is 0.520. The van der Waals surface area contributed by atoms with Gasteiger partial charge in [-0.1, -0.05) is 19.0 Å². The van der Waals surface area contributed by atoms with Crippen molar-refractivity contribution < 1.29 is 19.2 Å². The summed E-state index contributed by atoms with van der Waals surface area (Å²) in [7, 11) is 0. The molecule has 0 saturated carbocycles. The van der Waals surface area contributed by atoms with Gasteiger partial charge in [0.15, 0.2) is 5.82 Å². The van der Waals surface area contributed by atoms with Crippen molar-refractivity contribution in [3.63, 3.8) is 0 Å². The molecule has 38 heavy (non-hydrogen) atoms. The van der Waals surface area contributed by atoms with Gasteiger partial charge in [-0.15, -0.1) is 0 Å². The molecule has 3 aromatic rings. The first kappa shape index (κ1) is 24.6. The van der Waals surface area contributed by atoms with Crippen LogP contribution in [-0.4, -0.2) is 69.5 Å². The van der Waals surface area contributed by atoms with Crippen molar-refractivity contribution in [1.29, 1.82) is 0 Å². The number of amides is 1. The smallest absolute Gasteiger partial charge is 0.324 e. The number of hydrogen-bond acceptors (Lipinski definition) is 10. The Morgan fingerprint density at radius 1 is 1.05 bits per heavy atom. The van der Waals surface area contributed by atoms with Gasteiger partial charge in [-0.3, -0.25) is 4.79 Å². The van der Waals surface area contributed by atoms with Crippen LogP contribution in [0.25, 0.3) is 0 Å². The molecule has 1 aromatic carbocycles. The lowest BCUT2D eigenvalue weighted by Gasteiger charge is -2.30. The molecule has 0 bridgehead atoms. The largest absolute Gasteiger partial charge is 0.474 e. The molecule has 1 amide bonds. The second-order valence-corrected chi connectivity index (χ2v) is 10.5. The van der Waals surface area contributed by atoms with Gasteiger partial charge in [-0.2, -0.15) is 4.98 Å². The van der Waals surface area contributed by atoms with Crippen molar-refractivity contribution in [3.8, 4) is 5.88 Å². The zero-order valence-electron chi connectivity index (χ0n) is 21.8. The van der Waals surface area contributed by atoms with Crippen LogP contribution in [0.15, 0.2) is 35.1 Å². The summed E-state index contributed by atoms with van der Waals surface area (Å²) >= 11 is 0. The number of piperidine rings is 2. The Labute approximate surface area is 221 Å². The van der Waals surface area contributed by atoms with Crippen LogP contribution in [0.2, 0.25) is 0 Å². The van der Waals surface area contributed by atoms with Crippen LogP contribution < -0.4 is 19.4 Å². The number of ether oxygens (including phenoxy) is 1. The van der Waals surface area contributed by atoms with Crippen molar-refractivity contribution in [2.75, 3.05) is 40.9 Å². The van der Waals surface area contributed by atoms with E-state index < -0.39 is 6.10 Å². The summed E-state index contributed by atoms with van der Waals surface area (Å²) in [5, 5.41) is 14.1. The van der Waals surface area contributed by atoms with E-state index >= 15 is 0 Å². The lowest BCUT2D eigenvalue weighted by Crippen LogP contribution is -2.44. The van der Waals surface area contributed by atoms with E-state index in [0.29, 0.717) is 24.9 Å². The van der Waals surface area contributed by atoms with E-state index in [1.165, 1.54) is 0 Å². The molecule has 3 aliphatic rings. The second-order valence-electron chi connectivity index (χ2n) is 10.5. The molecule has 5 heterocycles. The number of fused-ring (bicyclic) bond motifs is 1. The van der Waals surface area contributed by atoms with Crippen LogP contribution in [0.3, 0.4) is 0 Å². The fourth-order valence-electron chi connectivity index (χ4n) is 5.37. The topological polar surface area (TPSA) is 121 Å². The van der Waals surface area contributed by atoms with Gasteiger partial charge in [-0.25, -0.2) is 9.97 Å². The number of carbonyl (C=O) groups is 1. The number of carbonyl (C=O) groups excluding carboxylic acids is 1. The third-order valence-electron chi connectivity index (χ3n) is 7.53. The van der Waals surface area contributed by atoms with Gasteiger partial charge in [0.05, 0.1) is 0 Å². The van der Waals surface area contributed by atoms with Gasteiger partial charge in [0.2, 0.25) is 5.88 Å². The summed E-state index contributed by atoms with van der Waals surface area (Å²) < 4.78 is 11.7. The SMILES string of the molecule is CC(C)c1noc(N2CCC(Oc3cc(N4CCc5cc(N6CCCC(O)C6=O)ccc54)ncn3)CC2)n1. The van der Waals surface area contributed by atoms with E-state index in [9.17, 15) is 9.90 Å². The maximum atomic E-state index is 12.4. The Balaban J connectivity index is 1.10. The summed E-state index contributed by atoms with van der Waals surface area (Å²) in [5.74, 6) is 2.09. The Hall–Kier alpha value is -3.73. The fraction of sp³-hybridized carbons (Fsp3) is 0.519. The molecule has 0 aliphatic carbocycles. The molecule has 1 atom stereocenters. The maximum absolute atomic E-state index is 12.4. The molecule has 0 spiro atoms. The Kier molecular flexibility index (Phi) is 6.61. The van der Waals surface area contributed by atoms with Crippen LogP contribution in [-0.2, 0) is 11.2 Å². The van der Waals surface area contributed by atoms with E-state index in [4.69, 9.17) is 9.26 Å². The van der Waals surface area contributed by atoms with E-state index in [0.717, 1.165) is 73.9 Å². The normalized spacial score (nSPS) is 20.4. The zero-order valence-corrected chi connectivity index (χ0v) is 21.8. The fourth-order valence-corrected chi connectivity index (χ4v) is 5.37. The lowest BCUT2D eigenvalue weighted by molar-refractivity contribution is -0.128. The molecule has 11 nitrogen and oxygen atoms in total. The molecular formula is C27H33N7O4. The molecule has 2 fully saturated rings. The third-order valence-corrected chi connectivity index (χ3v) is 7.53. The standard InChI is InChI=1S/C27H33N7O4/c1-17(2)25-30-27(38-31-25)32-11-8-20(9-12-32)37-24-15-23(28-16-29-24)34-13-7-18-14-19(5-6-21(18)34)33-10-3-4-22(35)26(33)36/h5-6,14-17,20,22,35H,3-4,7-13H2,1-2H3. The minimum absolute atomic E-state index is 0.0485. The van der Waals surface area contributed by atoms with Crippen LogP contribution >= 0.6 is 0 Å². The summed E-state index contributed by atoms with van der Waals surface area (Å²) in [6.45, 7) is 7.07. The number of hydrogen-bond donors (Lipinski definition) is 1. The Morgan fingerprint density at radius 2 is 1.89 bits per heavy atom. The number of nitrogens with zero attached hydrogens (tertiary/aromatic N) is 7. The first-order chi connectivity index (χ1) is 18.5. The van der Waals surface area contributed by atoms with Crippen LogP contribution in [0.4, 0.5) is 23.2 Å². The predicted molar refractivity (Wildman–Crippen MR) is 141 cm³/mol. The highest BCUT2D eigenvalue weighted by Gasteiger charge is 2.30. The van der Waals surface area contributed by atoms with E-state index in [1.54, 1.807) is 11.2 Å². The minimum atomic E-state index is -0.906. The van der Waals surface area contributed by atoms with Crippen LogP contribution in [0, 0.1) is 0 Å². The third kappa shape index (κ3) is 4.78. The minimum Gasteiger partial charge on any atom is -0.474 e. The highest BCUT2D eigenvalue weighted by atomic mass is 16.5. The number of anilines is 4. The first-order valence-electron chi connectivity index (χ1n) is 13.4. The Bertz CT molecular complexity index is 1300. The maximum Gasteiger partial charge on any atom is 0.324 e. The summed E-state index contributed by atoms with van der Waals surface area (Å²) in [4.78, 5) is 31.8. The van der Waals surface area contributed by atoms with E-state index in [-0.39, 0.29) is 17.9 Å². The average molecular weight is 520 g/mol. The summed E-state index contributed by atoms with van der Waals surface area (Å²) in [5.41, 5.74) is 3.07. The lowest BCUT2D eigenvalue weighted by atomic mass is 10.1. The average Bonchev–Trinajstić information content (AvgIpc) is 3.59. The van der Waals surface area contributed by atoms with Gasteiger partial charge in [0.1, 0.15) is 24.4 Å². The number of aliphatic hydroxyl groups excluding tert-OH is 1. The molecule has 200 valence electrons. The number of aliphatic hydroxyl groups is 1. The van der Waals surface area contributed by atoms with Gasteiger partial charge in [0.25, 0.3) is 5.91 Å². The first-order valence-corrected chi connectivity index (χ1v) is 13.4. The zero-order chi connectivity index (χ0) is 26.2. The van der Waals surface area contributed by atoms with Crippen molar-refractivity contribution in [2.24, 2.45) is 0 Å². The van der Waals surface area contributed by atoms with E-state index in [2.05, 4.69) is 36.0 Å². The van der Waals surface area contributed by atoms with Crippen molar-refractivity contribution in [1.82, 2.24) is 20.1 Å². The molecule has 2 saturated heterocycles. The second kappa shape index (κ2) is 10.2. The van der Waals surface area contributed by atoms with Gasteiger partial charge >= 0.3 is 6.01 Å². The highest BCUT2D eigenvalue weighted by molar-refractivity contribution is 5.97. The number of rotatable bonds is 6. The van der Waals surface area contributed by atoms with Crippen molar-refractivity contribution >= 4 is 29.1 Å². The summed E-state index contributed by atoms with van der Waals surface area (Å²) in [6.07, 6.45) is 4.53. The molecule has 1 unspecified atom stereocenters. The van der Waals surface area contributed by atoms with Gasteiger partial charge in [-0.05, 0) is 43.0 Å².